The molecule has 0 radical (unpaired) electrons. The van der Waals surface area contributed by atoms with Gasteiger partial charge in [0.2, 0.25) is 0 Å². The summed E-state index contributed by atoms with van der Waals surface area (Å²) in [5.74, 6) is -4.95. The average molecular weight is 202 g/mol. The fraction of sp³-hybridized carbons (Fsp3) is 1.00. The van der Waals surface area contributed by atoms with Gasteiger partial charge < -0.3 is 0 Å². The summed E-state index contributed by atoms with van der Waals surface area (Å²) in [6.07, 6.45) is -3.85. The highest BCUT2D eigenvalue weighted by molar-refractivity contribution is 4.81. The molecule has 5 heteroatoms. The van der Waals surface area contributed by atoms with E-state index in [1.807, 2.05) is 0 Å². The van der Waals surface area contributed by atoms with E-state index >= 15 is 0 Å². The van der Waals surface area contributed by atoms with Crippen LogP contribution in [0.1, 0.15) is 32.1 Å². The van der Waals surface area contributed by atoms with E-state index in [0.717, 1.165) is 12.8 Å². The molecule has 0 nitrogen and oxygen atoms in total. The monoisotopic (exact) mass is 202 g/mol. The molecule has 13 heavy (non-hydrogen) atoms. The lowest BCUT2D eigenvalue weighted by Gasteiger charge is -2.22. The van der Waals surface area contributed by atoms with Crippen molar-refractivity contribution in [2.45, 2.75) is 44.2 Å². The number of hydrogen-bond donors (Lipinski definition) is 0. The zero-order valence-corrected chi connectivity index (χ0v) is 7.00. The molecule has 0 aromatic carbocycles. The molecule has 0 aromatic rings. The van der Waals surface area contributed by atoms with Crippen LogP contribution in [0.3, 0.4) is 0 Å². The van der Waals surface area contributed by atoms with Crippen molar-refractivity contribution in [3.63, 3.8) is 0 Å². The van der Waals surface area contributed by atoms with Crippen molar-refractivity contribution < 1.29 is 22.0 Å². The van der Waals surface area contributed by atoms with E-state index in [0.29, 0.717) is 12.8 Å². The van der Waals surface area contributed by atoms with E-state index in [1.54, 1.807) is 0 Å². The Balaban J connectivity index is 2.50. The van der Waals surface area contributed by atoms with Crippen LogP contribution in [0.4, 0.5) is 22.0 Å². The molecule has 1 rings (SSSR count). The topological polar surface area (TPSA) is 0 Å². The predicted molar refractivity (Wildman–Crippen MR) is 37.6 cm³/mol. The van der Waals surface area contributed by atoms with Crippen molar-refractivity contribution in [2.24, 2.45) is 5.92 Å². The quantitative estimate of drug-likeness (QED) is 0.598. The van der Waals surface area contributed by atoms with Crippen LogP contribution in [-0.4, -0.2) is 12.1 Å². The molecular formula is C8H11F5. The van der Waals surface area contributed by atoms with Gasteiger partial charge in [-0.25, -0.2) is 0 Å². The zero-order chi connectivity index (χ0) is 10.1. The minimum atomic E-state index is -5.38. The second-order valence-electron chi connectivity index (χ2n) is 3.56. The van der Waals surface area contributed by atoms with Gasteiger partial charge in [-0.15, -0.1) is 0 Å². The lowest BCUT2D eigenvalue weighted by atomic mass is 9.99. The molecule has 0 aliphatic heterocycles. The fourth-order valence-electron chi connectivity index (χ4n) is 1.69. The standard InChI is InChI=1S/C8H11F5/c9-7(10,8(11,12)13)5-6-3-1-2-4-6/h6H,1-5H2. The van der Waals surface area contributed by atoms with Crippen molar-refractivity contribution >= 4 is 0 Å². The fourth-order valence-corrected chi connectivity index (χ4v) is 1.69. The molecule has 0 unspecified atom stereocenters. The van der Waals surface area contributed by atoms with E-state index in [1.165, 1.54) is 0 Å². The van der Waals surface area contributed by atoms with Crippen LogP contribution in [0.2, 0.25) is 0 Å². The second-order valence-corrected chi connectivity index (χ2v) is 3.56. The lowest BCUT2D eigenvalue weighted by molar-refractivity contribution is -0.287. The minimum Gasteiger partial charge on any atom is -0.196 e. The van der Waals surface area contributed by atoms with Gasteiger partial charge in [0.1, 0.15) is 0 Å². The van der Waals surface area contributed by atoms with Crippen LogP contribution >= 0.6 is 0 Å². The maximum Gasteiger partial charge on any atom is 0.453 e. The van der Waals surface area contributed by atoms with E-state index in [-0.39, 0.29) is 0 Å². The zero-order valence-electron chi connectivity index (χ0n) is 7.00. The molecule has 0 atom stereocenters. The number of halogens is 5. The van der Waals surface area contributed by atoms with Gasteiger partial charge in [0.15, 0.2) is 0 Å². The Morgan fingerprint density at radius 3 is 1.77 bits per heavy atom. The van der Waals surface area contributed by atoms with E-state index in [9.17, 15) is 22.0 Å². The third kappa shape index (κ3) is 2.54. The van der Waals surface area contributed by atoms with Crippen molar-refractivity contribution in [3.05, 3.63) is 0 Å². The van der Waals surface area contributed by atoms with Crippen LogP contribution < -0.4 is 0 Å². The van der Waals surface area contributed by atoms with Crippen LogP contribution in [0, 0.1) is 5.92 Å². The molecule has 0 amide bonds. The molecule has 1 aliphatic rings. The number of rotatable bonds is 2. The van der Waals surface area contributed by atoms with E-state index in [4.69, 9.17) is 0 Å². The maximum atomic E-state index is 12.5. The van der Waals surface area contributed by atoms with Gasteiger partial charge in [0.05, 0.1) is 0 Å². The molecule has 78 valence electrons. The second kappa shape index (κ2) is 3.42. The van der Waals surface area contributed by atoms with Gasteiger partial charge in [-0.05, 0) is 5.92 Å². The molecular weight excluding hydrogens is 191 g/mol. The van der Waals surface area contributed by atoms with Gasteiger partial charge in [-0.3, -0.25) is 0 Å². The Morgan fingerprint density at radius 1 is 0.923 bits per heavy atom. The summed E-state index contributed by atoms with van der Waals surface area (Å²) >= 11 is 0. The first-order valence-electron chi connectivity index (χ1n) is 4.27. The average Bonchev–Trinajstić information content (AvgIpc) is 2.35. The molecule has 0 N–H and O–H groups in total. The molecule has 0 heterocycles. The molecule has 0 saturated heterocycles. The van der Waals surface area contributed by atoms with Crippen LogP contribution in [-0.2, 0) is 0 Å². The van der Waals surface area contributed by atoms with Crippen LogP contribution in [0.5, 0.6) is 0 Å². The first-order valence-corrected chi connectivity index (χ1v) is 4.27. The Morgan fingerprint density at radius 2 is 1.38 bits per heavy atom. The van der Waals surface area contributed by atoms with E-state index < -0.39 is 24.4 Å². The molecule has 1 fully saturated rings. The Labute approximate surface area is 73.1 Å². The summed E-state index contributed by atoms with van der Waals surface area (Å²) in [4.78, 5) is 0. The summed E-state index contributed by atoms with van der Waals surface area (Å²) in [7, 11) is 0. The van der Waals surface area contributed by atoms with Crippen LogP contribution in [0.15, 0.2) is 0 Å². The van der Waals surface area contributed by atoms with Gasteiger partial charge in [0.25, 0.3) is 0 Å². The van der Waals surface area contributed by atoms with Crippen molar-refractivity contribution in [2.75, 3.05) is 0 Å². The van der Waals surface area contributed by atoms with Gasteiger partial charge in [-0.2, -0.15) is 22.0 Å². The van der Waals surface area contributed by atoms with Crippen LogP contribution in [0.25, 0.3) is 0 Å². The highest BCUT2D eigenvalue weighted by Crippen LogP contribution is 2.43. The highest BCUT2D eigenvalue weighted by atomic mass is 19.4. The molecule has 1 saturated carbocycles. The van der Waals surface area contributed by atoms with Crippen molar-refractivity contribution in [1.29, 1.82) is 0 Å². The Bertz CT molecular complexity index is 166. The first kappa shape index (κ1) is 10.7. The van der Waals surface area contributed by atoms with Gasteiger partial charge in [0, 0.05) is 6.42 Å². The van der Waals surface area contributed by atoms with Crippen molar-refractivity contribution in [3.8, 4) is 0 Å². The number of hydrogen-bond acceptors (Lipinski definition) is 0. The summed E-state index contributed by atoms with van der Waals surface area (Å²) in [5, 5.41) is 0. The third-order valence-corrected chi connectivity index (χ3v) is 2.43. The summed E-state index contributed by atoms with van der Waals surface area (Å²) in [5.41, 5.74) is 0. The minimum absolute atomic E-state index is 0.448. The first-order chi connectivity index (χ1) is 5.83. The Hall–Kier alpha value is -0.350. The van der Waals surface area contributed by atoms with Gasteiger partial charge in [-0.1, -0.05) is 25.7 Å². The lowest BCUT2D eigenvalue weighted by Crippen LogP contribution is -2.37. The normalized spacial score (nSPS) is 21.0. The van der Waals surface area contributed by atoms with Crippen molar-refractivity contribution in [1.82, 2.24) is 0 Å². The molecule has 0 aromatic heterocycles. The molecule has 1 aliphatic carbocycles. The third-order valence-electron chi connectivity index (χ3n) is 2.43. The number of alkyl halides is 5. The van der Waals surface area contributed by atoms with E-state index in [2.05, 4.69) is 0 Å². The predicted octanol–water partition coefficient (Wildman–Crippen LogP) is 3.76. The SMILES string of the molecule is FC(F)(F)C(F)(F)CC1CCCC1. The largest absolute Gasteiger partial charge is 0.453 e. The molecule has 0 spiro atoms. The maximum absolute atomic E-state index is 12.5. The Kier molecular flexibility index (Phi) is 2.82. The summed E-state index contributed by atoms with van der Waals surface area (Å²) in [6.45, 7) is 0. The summed E-state index contributed by atoms with van der Waals surface area (Å²) in [6, 6.07) is 0. The molecule has 0 bridgehead atoms. The smallest absolute Gasteiger partial charge is 0.196 e. The van der Waals surface area contributed by atoms with Gasteiger partial charge >= 0.3 is 12.1 Å². The highest BCUT2D eigenvalue weighted by Gasteiger charge is 2.57. The summed E-state index contributed by atoms with van der Waals surface area (Å²) < 4.78 is 60.1.